The Morgan fingerprint density at radius 2 is 1.89 bits per heavy atom. The van der Waals surface area contributed by atoms with Crippen LogP contribution in [0.2, 0.25) is 0 Å². The van der Waals surface area contributed by atoms with E-state index in [0.29, 0.717) is 0 Å². The van der Waals surface area contributed by atoms with Crippen LogP contribution in [0.1, 0.15) is 25.3 Å². The summed E-state index contributed by atoms with van der Waals surface area (Å²) in [5, 5.41) is 0. The molecule has 5 nitrogen and oxygen atoms in total. The normalized spacial score (nSPS) is 11.3. The van der Waals surface area contributed by atoms with Gasteiger partial charge in [-0.2, -0.15) is 0 Å². The number of ether oxygens (including phenoxy) is 1. The lowest BCUT2D eigenvalue weighted by Gasteiger charge is -2.07. The van der Waals surface area contributed by atoms with E-state index in [1.54, 1.807) is 24.3 Å². The van der Waals surface area contributed by atoms with Gasteiger partial charge in [0.05, 0.1) is 18.4 Å². The Morgan fingerprint density at radius 3 is 2.42 bits per heavy atom. The molecule has 0 heterocycles. The largest absolute Gasteiger partial charge is 0.469 e. The van der Waals surface area contributed by atoms with Crippen molar-refractivity contribution in [2.24, 2.45) is 0 Å². The smallest absolute Gasteiger partial charge is 0.306 e. The molecule has 0 aliphatic rings. The number of hydrogen-bond donors (Lipinski definition) is 1. The fourth-order valence-electron chi connectivity index (χ4n) is 1.60. The molecule has 0 aromatic heterocycles. The Morgan fingerprint density at radius 1 is 1.26 bits per heavy atom. The van der Waals surface area contributed by atoms with Gasteiger partial charge in [0.2, 0.25) is 10.0 Å². The molecule has 1 aromatic rings. The minimum atomic E-state index is -3.55. The van der Waals surface area contributed by atoms with Crippen molar-refractivity contribution in [2.45, 2.75) is 31.1 Å². The monoisotopic (exact) mass is 285 g/mol. The Bertz CT molecular complexity index is 508. The molecule has 0 saturated carbocycles. The lowest BCUT2D eigenvalue weighted by Crippen LogP contribution is -2.26. The SMILES string of the molecule is CCCc1ccc(S(=O)(=O)NCCC(=O)OC)cc1. The Balaban J connectivity index is 2.64. The van der Waals surface area contributed by atoms with Crippen molar-refractivity contribution < 1.29 is 17.9 Å². The van der Waals surface area contributed by atoms with Gasteiger partial charge in [0, 0.05) is 6.54 Å². The second-order valence-electron chi connectivity index (χ2n) is 4.12. The first-order valence-electron chi connectivity index (χ1n) is 6.15. The van der Waals surface area contributed by atoms with Gasteiger partial charge in [-0.3, -0.25) is 4.79 Å². The molecule has 0 amide bonds. The van der Waals surface area contributed by atoms with Crippen molar-refractivity contribution in [2.75, 3.05) is 13.7 Å². The first-order chi connectivity index (χ1) is 8.99. The summed E-state index contributed by atoms with van der Waals surface area (Å²) < 4.78 is 30.6. The number of rotatable bonds is 7. The zero-order chi connectivity index (χ0) is 14.3. The van der Waals surface area contributed by atoms with Gasteiger partial charge in [0.15, 0.2) is 0 Å². The number of esters is 1. The van der Waals surface area contributed by atoms with Crippen LogP contribution in [0, 0.1) is 0 Å². The number of carbonyl (C=O) groups excluding carboxylic acids is 1. The van der Waals surface area contributed by atoms with Gasteiger partial charge in [-0.15, -0.1) is 0 Å². The maximum atomic E-state index is 11.9. The molecule has 0 radical (unpaired) electrons. The van der Waals surface area contributed by atoms with E-state index in [-0.39, 0.29) is 17.9 Å². The molecule has 1 N–H and O–H groups in total. The number of benzene rings is 1. The third kappa shape index (κ3) is 5.00. The van der Waals surface area contributed by atoms with E-state index in [4.69, 9.17) is 0 Å². The average Bonchev–Trinajstić information content (AvgIpc) is 2.39. The van der Waals surface area contributed by atoms with Crippen molar-refractivity contribution in [3.05, 3.63) is 29.8 Å². The Hall–Kier alpha value is -1.40. The van der Waals surface area contributed by atoms with Crippen LogP contribution in [0.15, 0.2) is 29.2 Å². The van der Waals surface area contributed by atoms with Crippen molar-refractivity contribution in [1.82, 2.24) is 4.72 Å². The summed E-state index contributed by atoms with van der Waals surface area (Å²) in [5.74, 6) is -0.444. The van der Waals surface area contributed by atoms with Gasteiger partial charge >= 0.3 is 5.97 Å². The van der Waals surface area contributed by atoms with E-state index < -0.39 is 16.0 Å². The van der Waals surface area contributed by atoms with Crippen LogP contribution in [0.25, 0.3) is 0 Å². The van der Waals surface area contributed by atoms with Gasteiger partial charge < -0.3 is 4.74 Å². The van der Waals surface area contributed by atoms with E-state index in [9.17, 15) is 13.2 Å². The molecule has 1 rings (SSSR count). The summed E-state index contributed by atoms with van der Waals surface area (Å²) in [6, 6.07) is 6.76. The Labute approximate surface area is 114 Å². The molecule has 0 fully saturated rings. The van der Waals surface area contributed by atoms with Crippen molar-refractivity contribution in [3.63, 3.8) is 0 Å². The number of carbonyl (C=O) groups is 1. The molecular weight excluding hydrogens is 266 g/mol. The summed E-state index contributed by atoms with van der Waals surface area (Å²) in [4.78, 5) is 11.1. The summed E-state index contributed by atoms with van der Waals surface area (Å²) in [7, 11) is -2.29. The molecule has 6 heteroatoms. The van der Waals surface area contributed by atoms with E-state index in [2.05, 4.69) is 16.4 Å². The topological polar surface area (TPSA) is 72.5 Å². The third-order valence-electron chi connectivity index (χ3n) is 2.62. The molecule has 0 aliphatic carbocycles. The highest BCUT2D eigenvalue weighted by Gasteiger charge is 2.13. The molecular formula is C13H19NO4S. The van der Waals surface area contributed by atoms with Crippen LogP contribution in [-0.2, 0) is 26.0 Å². The van der Waals surface area contributed by atoms with Crippen molar-refractivity contribution >= 4 is 16.0 Å². The van der Waals surface area contributed by atoms with Gasteiger partial charge in [-0.25, -0.2) is 13.1 Å². The summed E-state index contributed by atoms with van der Waals surface area (Å²) >= 11 is 0. The van der Waals surface area contributed by atoms with Crippen LogP contribution in [0.5, 0.6) is 0 Å². The number of hydrogen-bond acceptors (Lipinski definition) is 4. The average molecular weight is 285 g/mol. The number of nitrogens with one attached hydrogen (secondary N) is 1. The van der Waals surface area contributed by atoms with Crippen LogP contribution < -0.4 is 4.72 Å². The molecule has 0 bridgehead atoms. The zero-order valence-corrected chi connectivity index (χ0v) is 12.0. The second-order valence-corrected chi connectivity index (χ2v) is 5.88. The highest BCUT2D eigenvalue weighted by Crippen LogP contribution is 2.11. The Kier molecular flexibility index (Phi) is 5.98. The van der Waals surface area contributed by atoms with Crippen LogP contribution in [-0.4, -0.2) is 28.0 Å². The van der Waals surface area contributed by atoms with Crippen LogP contribution >= 0.6 is 0 Å². The second kappa shape index (κ2) is 7.25. The molecule has 106 valence electrons. The minimum Gasteiger partial charge on any atom is -0.469 e. The van der Waals surface area contributed by atoms with Gasteiger partial charge in [0.25, 0.3) is 0 Å². The van der Waals surface area contributed by atoms with Gasteiger partial charge in [0.1, 0.15) is 0 Å². The van der Waals surface area contributed by atoms with E-state index >= 15 is 0 Å². The molecule has 0 unspecified atom stereocenters. The summed E-state index contributed by atoms with van der Waals surface area (Å²) in [6.07, 6.45) is 1.96. The maximum absolute atomic E-state index is 11.9. The first kappa shape index (κ1) is 15.7. The third-order valence-corrected chi connectivity index (χ3v) is 4.10. The fraction of sp³-hybridized carbons (Fsp3) is 0.462. The molecule has 19 heavy (non-hydrogen) atoms. The molecule has 1 aromatic carbocycles. The van der Waals surface area contributed by atoms with Crippen LogP contribution in [0.3, 0.4) is 0 Å². The number of aryl methyl sites for hydroxylation is 1. The number of sulfonamides is 1. The summed E-state index contributed by atoms with van der Waals surface area (Å²) in [5.41, 5.74) is 1.11. The highest BCUT2D eigenvalue weighted by molar-refractivity contribution is 7.89. The van der Waals surface area contributed by atoms with E-state index in [1.807, 2.05) is 0 Å². The molecule has 0 atom stereocenters. The number of methoxy groups -OCH3 is 1. The standard InChI is InChI=1S/C13H19NO4S/c1-3-4-11-5-7-12(8-6-11)19(16,17)14-10-9-13(15)18-2/h5-8,14H,3-4,9-10H2,1-2H3. The molecule has 0 saturated heterocycles. The van der Waals surface area contributed by atoms with Gasteiger partial charge in [-0.05, 0) is 24.1 Å². The predicted molar refractivity (Wildman–Crippen MR) is 72.3 cm³/mol. The quantitative estimate of drug-likeness (QED) is 0.770. The predicted octanol–water partition coefficient (Wildman–Crippen LogP) is 1.48. The molecule has 0 aliphatic heterocycles. The van der Waals surface area contributed by atoms with E-state index in [0.717, 1.165) is 18.4 Å². The lowest BCUT2D eigenvalue weighted by atomic mass is 10.1. The zero-order valence-electron chi connectivity index (χ0n) is 11.2. The fourth-order valence-corrected chi connectivity index (χ4v) is 2.63. The van der Waals surface area contributed by atoms with Crippen molar-refractivity contribution in [1.29, 1.82) is 0 Å². The summed E-state index contributed by atoms with van der Waals surface area (Å²) in [6.45, 7) is 2.10. The lowest BCUT2D eigenvalue weighted by molar-refractivity contribution is -0.140. The highest BCUT2D eigenvalue weighted by atomic mass is 32.2. The first-order valence-corrected chi connectivity index (χ1v) is 7.63. The molecule has 0 spiro atoms. The van der Waals surface area contributed by atoms with Crippen molar-refractivity contribution in [3.8, 4) is 0 Å². The minimum absolute atomic E-state index is 0.0175. The van der Waals surface area contributed by atoms with E-state index in [1.165, 1.54) is 7.11 Å². The van der Waals surface area contributed by atoms with Gasteiger partial charge in [-0.1, -0.05) is 25.5 Å². The van der Waals surface area contributed by atoms with Crippen LogP contribution in [0.4, 0.5) is 0 Å². The maximum Gasteiger partial charge on any atom is 0.306 e.